The number of carbonyl (C=O) groups is 1. The van der Waals surface area contributed by atoms with Crippen molar-refractivity contribution in [2.75, 3.05) is 0 Å². The Labute approximate surface area is 131 Å². The van der Waals surface area contributed by atoms with Crippen LogP contribution in [-0.4, -0.2) is 32.3 Å². The van der Waals surface area contributed by atoms with Crippen molar-refractivity contribution < 1.29 is 18.7 Å². The van der Waals surface area contributed by atoms with E-state index in [0.717, 1.165) is 5.69 Å². The predicted molar refractivity (Wildman–Crippen MR) is 79.2 cm³/mol. The van der Waals surface area contributed by atoms with Crippen LogP contribution >= 0.6 is 0 Å². The van der Waals surface area contributed by atoms with Gasteiger partial charge in [0.2, 0.25) is 0 Å². The second kappa shape index (κ2) is 5.73. The molecule has 1 saturated carbocycles. The molecule has 1 fully saturated rings. The topological polar surface area (TPSA) is 67.2 Å². The van der Waals surface area contributed by atoms with E-state index in [-0.39, 0.29) is 19.4 Å². The highest BCUT2D eigenvalue weighted by atomic mass is 19.3. The zero-order chi connectivity index (χ0) is 16.5. The summed E-state index contributed by atoms with van der Waals surface area (Å²) in [5.74, 6) is -5.23. The minimum absolute atomic E-state index is 0.0562. The monoisotopic (exact) mass is 321 g/mol. The van der Waals surface area contributed by atoms with Gasteiger partial charge in [-0.1, -0.05) is 18.2 Å². The lowest BCUT2D eigenvalue weighted by atomic mass is 9.75. The fourth-order valence-corrected chi connectivity index (χ4v) is 2.50. The summed E-state index contributed by atoms with van der Waals surface area (Å²) >= 11 is 0. The number of aromatic nitrogens is 2. The molecule has 1 aliphatic carbocycles. The Hall–Kier alpha value is -2.28. The molecule has 122 valence electrons. The zero-order valence-electron chi connectivity index (χ0n) is 12.4. The summed E-state index contributed by atoms with van der Waals surface area (Å²) in [5, 5.41) is 16.0. The van der Waals surface area contributed by atoms with Crippen molar-refractivity contribution in [2.45, 2.75) is 37.3 Å². The molecular weight excluding hydrogens is 304 g/mol. The molecule has 0 spiro atoms. The van der Waals surface area contributed by atoms with Crippen LogP contribution in [0, 0.1) is 0 Å². The Balaban J connectivity index is 1.63. The molecule has 0 bridgehead atoms. The maximum atomic E-state index is 13.9. The van der Waals surface area contributed by atoms with Gasteiger partial charge in [0.15, 0.2) is 0 Å². The first-order chi connectivity index (χ1) is 10.9. The maximum absolute atomic E-state index is 13.9. The van der Waals surface area contributed by atoms with Crippen LogP contribution in [0.5, 0.6) is 0 Å². The number of aliphatic hydroxyl groups is 1. The van der Waals surface area contributed by atoms with Crippen molar-refractivity contribution in [2.24, 2.45) is 0 Å². The predicted octanol–water partition coefficient (Wildman–Crippen LogP) is 2.04. The molecule has 1 amide bonds. The largest absolute Gasteiger partial charge is 0.383 e. The third-order valence-electron chi connectivity index (χ3n) is 4.16. The van der Waals surface area contributed by atoms with E-state index in [1.807, 2.05) is 30.3 Å². The number of halogens is 2. The van der Waals surface area contributed by atoms with E-state index in [4.69, 9.17) is 0 Å². The van der Waals surface area contributed by atoms with Crippen LogP contribution in [0.25, 0.3) is 5.69 Å². The van der Waals surface area contributed by atoms with E-state index >= 15 is 0 Å². The molecule has 1 heterocycles. The lowest BCUT2D eigenvalue weighted by Crippen LogP contribution is -2.60. The smallest absolute Gasteiger partial charge is 0.352 e. The normalized spacial score (nSPS) is 16.7. The number of amides is 1. The molecule has 3 rings (SSSR count). The Morgan fingerprint density at radius 2 is 2.04 bits per heavy atom. The molecule has 1 aromatic carbocycles. The molecular formula is C16H17F2N3O2. The number of nitrogens with one attached hydrogen (secondary N) is 1. The molecule has 0 saturated heterocycles. The van der Waals surface area contributed by atoms with Gasteiger partial charge in [-0.25, -0.2) is 4.68 Å². The van der Waals surface area contributed by atoms with Gasteiger partial charge >= 0.3 is 5.92 Å². The standard InChI is InChI=1S/C16H17F2N3O2/c17-16(18,15(23)7-4-8-15)14(22)19-9-12-10-20-21(11-12)13-5-2-1-3-6-13/h1-3,5-6,10-11,23H,4,7-9H2,(H,19,22). The van der Waals surface area contributed by atoms with Crippen LogP contribution in [0.4, 0.5) is 8.78 Å². The van der Waals surface area contributed by atoms with Crippen molar-refractivity contribution in [1.82, 2.24) is 15.1 Å². The molecule has 1 aromatic heterocycles. The summed E-state index contributed by atoms with van der Waals surface area (Å²) in [6.45, 7) is -0.0721. The molecule has 2 N–H and O–H groups in total. The van der Waals surface area contributed by atoms with Gasteiger partial charge in [0.05, 0.1) is 11.9 Å². The van der Waals surface area contributed by atoms with Gasteiger partial charge in [-0.05, 0) is 31.4 Å². The summed E-state index contributed by atoms with van der Waals surface area (Å²) in [6, 6.07) is 9.31. The fourth-order valence-electron chi connectivity index (χ4n) is 2.50. The van der Waals surface area contributed by atoms with Crippen molar-refractivity contribution in [3.8, 4) is 5.69 Å². The fraction of sp³-hybridized carbons (Fsp3) is 0.375. The van der Waals surface area contributed by atoms with Crippen molar-refractivity contribution in [3.63, 3.8) is 0 Å². The van der Waals surface area contributed by atoms with E-state index in [0.29, 0.717) is 12.0 Å². The number of hydrogen-bond donors (Lipinski definition) is 2. The molecule has 1 aliphatic rings. The van der Waals surface area contributed by atoms with E-state index in [2.05, 4.69) is 10.4 Å². The SMILES string of the molecule is O=C(NCc1cnn(-c2ccccc2)c1)C(F)(F)C1(O)CCC1. The highest BCUT2D eigenvalue weighted by molar-refractivity contribution is 5.85. The lowest BCUT2D eigenvalue weighted by Gasteiger charge is -2.41. The molecule has 7 heteroatoms. The van der Waals surface area contributed by atoms with E-state index in [1.165, 1.54) is 6.20 Å². The number of carbonyl (C=O) groups excluding carboxylic acids is 1. The van der Waals surface area contributed by atoms with Gasteiger partial charge in [-0.2, -0.15) is 13.9 Å². The second-order valence-electron chi connectivity index (χ2n) is 5.77. The molecule has 2 aromatic rings. The number of rotatable bonds is 5. The van der Waals surface area contributed by atoms with Crippen molar-refractivity contribution in [1.29, 1.82) is 0 Å². The summed E-state index contributed by atoms with van der Waals surface area (Å²) < 4.78 is 29.5. The molecule has 0 atom stereocenters. The Kier molecular flexibility index (Phi) is 3.89. The number of nitrogens with zero attached hydrogens (tertiary/aromatic N) is 2. The lowest BCUT2D eigenvalue weighted by molar-refractivity contribution is -0.216. The van der Waals surface area contributed by atoms with Gasteiger partial charge in [0, 0.05) is 18.3 Å². The first-order valence-corrected chi connectivity index (χ1v) is 7.40. The van der Waals surface area contributed by atoms with Gasteiger partial charge in [-0.15, -0.1) is 0 Å². The Bertz CT molecular complexity index is 696. The van der Waals surface area contributed by atoms with Crippen LogP contribution in [0.1, 0.15) is 24.8 Å². The van der Waals surface area contributed by atoms with E-state index < -0.39 is 17.4 Å². The Morgan fingerprint density at radius 1 is 1.35 bits per heavy atom. The summed E-state index contributed by atoms with van der Waals surface area (Å²) in [5.41, 5.74) is -0.775. The number of alkyl halides is 2. The van der Waals surface area contributed by atoms with Gasteiger partial charge in [0.25, 0.3) is 5.91 Å². The van der Waals surface area contributed by atoms with Crippen LogP contribution in [0.2, 0.25) is 0 Å². The Morgan fingerprint density at radius 3 is 2.65 bits per heavy atom. The summed E-state index contributed by atoms with van der Waals surface area (Å²) in [7, 11) is 0. The number of benzene rings is 1. The van der Waals surface area contributed by atoms with Crippen LogP contribution < -0.4 is 5.32 Å². The highest BCUT2D eigenvalue weighted by Gasteiger charge is 2.61. The van der Waals surface area contributed by atoms with Crippen LogP contribution in [0.15, 0.2) is 42.7 Å². The first kappa shape index (κ1) is 15.6. The molecule has 5 nitrogen and oxygen atoms in total. The molecule has 23 heavy (non-hydrogen) atoms. The van der Waals surface area contributed by atoms with Crippen LogP contribution in [0.3, 0.4) is 0 Å². The molecule has 0 aliphatic heterocycles. The van der Waals surface area contributed by atoms with Crippen LogP contribution in [-0.2, 0) is 11.3 Å². The number of hydrogen-bond acceptors (Lipinski definition) is 3. The van der Waals surface area contributed by atoms with E-state index in [1.54, 1.807) is 10.9 Å². The highest BCUT2D eigenvalue weighted by Crippen LogP contribution is 2.44. The third kappa shape index (κ3) is 2.84. The summed E-state index contributed by atoms with van der Waals surface area (Å²) in [6.07, 6.45) is 3.55. The van der Waals surface area contributed by atoms with Gasteiger partial charge in [-0.3, -0.25) is 4.79 Å². The maximum Gasteiger partial charge on any atom is 0.352 e. The van der Waals surface area contributed by atoms with Gasteiger partial charge in [0.1, 0.15) is 5.60 Å². The second-order valence-corrected chi connectivity index (χ2v) is 5.77. The number of para-hydroxylation sites is 1. The molecule has 0 radical (unpaired) electrons. The average Bonchev–Trinajstić information content (AvgIpc) is 2.99. The van der Waals surface area contributed by atoms with E-state index in [9.17, 15) is 18.7 Å². The minimum atomic E-state index is -3.78. The zero-order valence-corrected chi connectivity index (χ0v) is 12.4. The van der Waals surface area contributed by atoms with Gasteiger partial charge < -0.3 is 10.4 Å². The molecule has 0 unspecified atom stereocenters. The third-order valence-corrected chi connectivity index (χ3v) is 4.16. The first-order valence-electron chi connectivity index (χ1n) is 7.40. The summed E-state index contributed by atoms with van der Waals surface area (Å²) in [4.78, 5) is 11.7. The minimum Gasteiger partial charge on any atom is -0.383 e. The van der Waals surface area contributed by atoms with Crippen molar-refractivity contribution >= 4 is 5.91 Å². The van der Waals surface area contributed by atoms with Crippen molar-refractivity contribution in [3.05, 3.63) is 48.3 Å². The average molecular weight is 321 g/mol. The quantitative estimate of drug-likeness (QED) is 0.885.